The first-order valence-electron chi connectivity index (χ1n) is 6.18. The molecule has 0 saturated heterocycles. The molecule has 0 saturated carbocycles. The fraction of sp³-hybridized carbons (Fsp3) is 0.429. The number of rotatable bonds is 3. The van der Waals surface area contributed by atoms with Crippen LogP contribution >= 0.6 is 12.4 Å². The van der Waals surface area contributed by atoms with Crippen LogP contribution in [0.2, 0.25) is 0 Å². The molecule has 0 aliphatic rings. The molecule has 20 heavy (non-hydrogen) atoms. The highest BCUT2D eigenvalue weighted by molar-refractivity contribution is 6.04. The van der Waals surface area contributed by atoms with Gasteiger partial charge in [-0.1, -0.05) is 12.1 Å². The van der Waals surface area contributed by atoms with E-state index in [2.05, 4.69) is 10.6 Å². The fourth-order valence-corrected chi connectivity index (χ4v) is 1.44. The van der Waals surface area contributed by atoms with Gasteiger partial charge in [0.15, 0.2) is 0 Å². The minimum Gasteiger partial charge on any atom is -0.347 e. The molecule has 112 valence electrons. The molecule has 0 heterocycles. The third-order valence-corrected chi connectivity index (χ3v) is 2.33. The lowest BCUT2D eigenvalue weighted by Gasteiger charge is -2.21. The highest BCUT2D eigenvalue weighted by Gasteiger charge is 2.19. The van der Waals surface area contributed by atoms with Crippen LogP contribution in [-0.4, -0.2) is 23.4 Å². The zero-order valence-corrected chi connectivity index (χ0v) is 13.0. The molecule has 0 unspecified atom stereocenters. The van der Waals surface area contributed by atoms with Crippen LogP contribution in [0, 0.1) is 0 Å². The highest BCUT2D eigenvalue weighted by Crippen LogP contribution is 2.16. The van der Waals surface area contributed by atoms with Crippen LogP contribution in [0.15, 0.2) is 24.3 Å². The summed E-state index contributed by atoms with van der Waals surface area (Å²) in [5.74, 6) is -0.552. The number of benzene rings is 1. The molecule has 6 heteroatoms. The summed E-state index contributed by atoms with van der Waals surface area (Å²) in [6, 6.07) is 6.22. The second kappa shape index (κ2) is 7.26. The Hall–Kier alpha value is -1.59. The van der Waals surface area contributed by atoms with Crippen molar-refractivity contribution >= 4 is 29.9 Å². The van der Waals surface area contributed by atoms with E-state index in [9.17, 15) is 9.59 Å². The molecule has 1 aromatic carbocycles. The third kappa shape index (κ3) is 5.59. The van der Waals surface area contributed by atoms with Crippen LogP contribution in [0.25, 0.3) is 0 Å². The molecule has 0 aromatic heterocycles. The van der Waals surface area contributed by atoms with Gasteiger partial charge in [-0.05, 0) is 39.8 Å². The van der Waals surface area contributed by atoms with E-state index in [1.807, 2.05) is 20.8 Å². The molecular formula is C14H22ClN3O2. The van der Waals surface area contributed by atoms with Crippen molar-refractivity contribution in [3.8, 4) is 0 Å². The Kier molecular flexibility index (Phi) is 6.68. The summed E-state index contributed by atoms with van der Waals surface area (Å²) in [5.41, 5.74) is 6.05. The van der Waals surface area contributed by atoms with E-state index in [1.165, 1.54) is 0 Å². The number of nitrogens with two attached hydrogens (primary N) is 1. The van der Waals surface area contributed by atoms with Crippen molar-refractivity contribution in [3.63, 3.8) is 0 Å². The van der Waals surface area contributed by atoms with Gasteiger partial charge >= 0.3 is 0 Å². The number of nitrogens with one attached hydrogen (secondary N) is 2. The van der Waals surface area contributed by atoms with Crippen molar-refractivity contribution in [1.82, 2.24) is 5.32 Å². The molecule has 0 spiro atoms. The first-order chi connectivity index (χ1) is 8.70. The van der Waals surface area contributed by atoms with Gasteiger partial charge in [-0.2, -0.15) is 0 Å². The van der Waals surface area contributed by atoms with E-state index in [0.29, 0.717) is 11.3 Å². The van der Waals surface area contributed by atoms with E-state index in [1.54, 1.807) is 31.2 Å². The van der Waals surface area contributed by atoms with Crippen molar-refractivity contribution in [3.05, 3.63) is 29.8 Å². The molecule has 1 atom stereocenters. The summed E-state index contributed by atoms with van der Waals surface area (Å²) < 4.78 is 0. The van der Waals surface area contributed by atoms with Gasteiger partial charge in [0, 0.05) is 5.54 Å². The molecule has 0 bridgehead atoms. The highest BCUT2D eigenvalue weighted by atomic mass is 35.5. The molecule has 1 aromatic rings. The fourth-order valence-electron chi connectivity index (χ4n) is 1.44. The summed E-state index contributed by atoms with van der Waals surface area (Å²) in [4.78, 5) is 23.7. The number of carbonyl (C=O) groups is 2. The standard InChI is InChI=1S/C14H21N3O2.ClH/c1-9(15)12(18)16-11-8-6-5-7-10(11)13(19)17-14(2,3)4;/h5-9H,15H2,1-4H3,(H,16,18)(H,17,19);1H/t9-;/m0./s1. The Labute approximate surface area is 125 Å². The minimum absolute atomic E-state index is 0. The average molecular weight is 300 g/mol. The van der Waals surface area contributed by atoms with Crippen LogP contribution in [0.4, 0.5) is 5.69 Å². The van der Waals surface area contributed by atoms with Crippen LogP contribution in [0.5, 0.6) is 0 Å². The van der Waals surface area contributed by atoms with Gasteiger partial charge in [-0.3, -0.25) is 9.59 Å². The quantitative estimate of drug-likeness (QED) is 0.797. The molecule has 4 N–H and O–H groups in total. The lowest BCUT2D eigenvalue weighted by Crippen LogP contribution is -2.41. The van der Waals surface area contributed by atoms with Crippen molar-refractivity contribution in [2.45, 2.75) is 39.3 Å². The molecule has 2 amide bonds. The molecule has 0 aliphatic heterocycles. The summed E-state index contributed by atoms with van der Waals surface area (Å²) >= 11 is 0. The first-order valence-corrected chi connectivity index (χ1v) is 6.18. The Morgan fingerprint density at radius 2 is 1.75 bits per heavy atom. The number of para-hydroxylation sites is 1. The van der Waals surface area contributed by atoms with Gasteiger partial charge < -0.3 is 16.4 Å². The lowest BCUT2D eigenvalue weighted by molar-refractivity contribution is -0.117. The predicted octanol–water partition coefficient (Wildman–Crippen LogP) is 1.92. The van der Waals surface area contributed by atoms with Gasteiger partial charge in [0.1, 0.15) is 0 Å². The molecule has 0 radical (unpaired) electrons. The number of carbonyl (C=O) groups excluding carboxylic acids is 2. The van der Waals surface area contributed by atoms with E-state index >= 15 is 0 Å². The number of hydrogen-bond acceptors (Lipinski definition) is 3. The van der Waals surface area contributed by atoms with E-state index in [4.69, 9.17) is 5.73 Å². The van der Waals surface area contributed by atoms with Gasteiger partial charge in [-0.25, -0.2) is 0 Å². The number of halogens is 1. The average Bonchev–Trinajstić information content (AvgIpc) is 2.27. The number of anilines is 1. The SMILES string of the molecule is C[C@H](N)C(=O)Nc1ccccc1C(=O)NC(C)(C)C.Cl. The maximum absolute atomic E-state index is 12.1. The predicted molar refractivity (Wildman–Crippen MR) is 83.2 cm³/mol. The molecular weight excluding hydrogens is 278 g/mol. The van der Waals surface area contributed by atoms with Gasteiger partial charge in [0.05, 0.1) is 17.3 Å². The van der Waals surface area contributed by atoms with E-state index in [0.717, 1.165) is 0 Å². The summed E-state index contributed by atoms with van der Waals surface area (Å²) in [5, 5.41) is 5.51. The normalized spacial score (nSPS) is 12.1. The summed E-state index contributed by atoms with van der Waals surface area (Å²) in [7, 11) is 0. The van der Waals surface area contributed by atoms with E-state index < -0.39 is 6.04 Å². The Morgan fingerprint density at radius 1 is 1.20 bits per heavy atom. The second-order valence-electron chi connectivity index (χ2n) is 5.53. The number of hydrogen-bond donors (Lipinski definition) is 3. The maximum atomic E-state index is 12.1. The van der Waals surface area contributed by atoms with Crippen molar-refractivity contribution in [1.29, 1.82) is 0 Å². The third-order valence-electron chi connectivity index (χ3n) is 2.33. The van der Waals surface area contributed by atoms with Crippen molar-refractivity contribution < 1.29 is 9.59 Å². The van der Waals surface area contributed by atoms with Crippen LogP contribution in [0.3, 0.4) is 0 Å². The van der Waals surface area contributed by atoms with Crippen LogP contribution < -0.4 is 16.4 Å². The Bertz CT molecular complexity index is 482. The molecule has 0 aliphatic carbocycles. The van der Waals surface area contributed by atoms with Crippen molar-refractivity contribution in [2.75, 3.05) is 5.32 Å². The smallest absolute Gasteiger partial charge is 0.253 e. The van der Waals surface area contributed by atoms with Crippen LogP contribution in [-0.2, 0) is 4.79 Å². The summed E-state index contributed by atoms with van der Waals surface area (Å²) in [6.07, 6.45) is 0. The van der Waals surface area contributed by atoms with Gasteiger partial charge in [0.25, 0.3) is 5.91 Å². The zero-order valence-electron chi connectivity index (χ0n) is 12.2. The first kappa shape index (κ1) is 18.4. The Balaban J connectivity index is 0.00000361. The van der Waals surface area contributed by atoms with E-state index in [-0.39, 0.29) is 29.8 Å². The minimum atomic E-state index is -0.626. The Morgan fingerprint density at radius 3 is 2.25 bits per heavy atom. The van der Waals surface area contributed by atoms with Gasteiger partial charge in [0.2, 0.25) is 5.91 Å². The van der Waals surface area contributed by atoms with Crippen LogP contribution in [0.1, 0.15) is 38.1 Å². The maximum Gasteiger partial charge on any atom is 0.253 e. The molecule has 5 nitrogen and oxygen atoms in total. The lowest BCUT2D eigenvalue weighted by atomic mass is 10.1. The largest absolute Gasteiger partial charge is 0.347 e. The topological polar surface area (TPSA) is 84.2 Å². The second-order valence-corrected chi connectivity index (χ2v) is 5.53. The van der Waals surface area contributed by atoms with Gasteiger partial charge in [-0.15, -0.1) is 12.4 Å². The number of amides is 2. The van der Waals surface area contributed by atoms with Crippen molar-refractivity contribution in [2.24, 2.45) is 5.73 Å². The zero-order chi connectivity index (χ0) is 14.6. The molecule has 1 rings (SSSR count). The molecule has 0 fully saturated rings. The monoisotopic (exact) mass is 299 g/mol. The summed E-state index contributed by atoms with van der Waals surface area (Å²) in [6.45, 7) is 7.28.